The summed E-state index contributed by atoms with van der Waals surface area (Å²) in [6.45, 7) is 5.13. The van der Waals surface area contributed by atoms with Crippen molar-refractivity contribution in [2.75, 3.05) is 44.6 Å². The maximum absolute atomic E-state index is 12.9. The number of likely N-dealkylation sites (tertiary alicyclic amines) is 2. The Bertz CT molecular complexity index is 1480. The third kappa shape index (κ3) is 11.6. The Balaban J connectivity index is 0.892. The van der Waals surface area contributed by atoms with Gasteiger partial charge in [-0.2, -0.15) is 0 Å². The van der Waals surface area contributed by atoms with E-state index in [1.54, 1.807) is 12.1 Å². The summed E-state index contributed by atoms with van der Waals surface area (Å²) in [6.07, 6.45) is 7.03. The zero-order chi connectivity index (χ0) is 34.3. The van der Waals surface area contributed by atoms with E-state index in [1.165, 1.54) is 0 Å². The molecule has 3 amide bonds. The minimum absolute atomic E-state index is 0.0501. The van der Waals surface area contributed by atoms with Crippen LogP contribution in [0.15, 0.2) is 78.9 Å². The molecule has 2 heterocycles. The number of carbonyl (C=O) groups excluding carboxylic acids is 3. The third-order valence-corrected chi connectivity index (χ3v) is 9.43. The second kappa shape index (κ2) is 19.0. The first-order valence-corrected chi connectivity index (χ1v) is 17.9. The number of nitrogens with one attached hydrogen (secondary N) is 3. The van der Waals surface area contributed by atoms with E-state index in [4.69, 9.17) is 4.74 Å². The van der Waals surface area contributed by atoms with Crippen LogP contribution in [0.3, 0.4) is 0 Å². The van der Waals surface area contributed by atoms with E-state index >= 15 is 0 Å². The van der Waals surface area contributed by atoms with Gasteiger partial charge in [0.05, 0.1) is 11.7 Å². The van der Waals surface area contributed by atoms with Crippen molar-refractivity contribution < 1.29 is 24.2 Å². The molecule has 2 aliphatic rings. The van der Waals surface area contributed by atoms with Crippen LogP contribution in [0.4, 0.5) is 10.5 Å². The summed E-state index contributed by atoms with van der Waals surface area (Å²) in [5, 5.41) is 18.6. The van der Waals surface area contributed by atoms with Crippen molar-refractivity contribution in [3.63, 3.8) is 0 Å². The van der Waals surface area contributed by atoms with Crippen LogP contribution < -0.4 is 16.0 Å². The number of piperidine rings is 2. The van der Waals surface area contributed by atoms with Crippen LogP contribution in [0.5, 0.6) is 5.75 Å². The maximum Gasteiger partial charge on any atom is 0.411 e. The summed E-state index contributed by atoms with van der Waals surface area (Å²) in [5.41, 5.74) is 3.79. The van der Waals surface area contributed by atoms with Gasteiger partial charge >= 0.3 is 6.09 Å². The summed E-state index contributed by atoms with van der Waals surface area (Å²) in [7, 11) is 0. The molecule has 1 atom stereocenters. The first kappa shape index (κ1) is 35.9. The Labute approximate surface area is 290 Å². The molecule has 262 valence electrons. The van der Waals surface area contributed by atoms with Crippen LogP contribution in [-0.2, 0) is 20.9 Å². The van der Waals surface area contributed by atoms with Gasteiger partial charge in [0.25, 0.3) is 0 Å². The molecule has 10 heteroatoms. The standard InChI is InChI=1S/C39H51N5O5/c45-32-18-16-30(17-19-32)29-44-25-10-7-15-36(44)38(47)41-24-9-2-8-23-40-37(46)22-28-43-26-20-33(21-27-43)49-39(48)42-35-14-6-5-13-34(35)31-11-3-1-4-12-31/h1,3-6,11-14,16-19,33,36,45H,2,7-10,15,20-29H2,(H,40,46)(H,41,47)(H,42,48)/t36-/m0/s1. The van der Waals surface area contributed by atoms with Crippen molar-refractivity contribution >= 4 is 23.6 Å². The van der Waals surface area contributed by atoms with E-state index in [1.807, 2.05) is 66.7 Å². The van der Waals surface area contributed by atoms with Crippen LogP contribution in [0.25, 0.3) is 11.1 Å². The Kier molecular flexibility index (Phi) is 13.9. The molecule has 0 unspecified atom stereocenters. The van der Waals surface area contributed by atoms with E-state index in [9.17, 15) is 19.5 Å². The summed E-state index contributed by atoms with van der Waals surface area (Å²) in [6, 6.07) is 24.7. The van der Waals surface area contributed by atoms with Crippen molar-refractivity contribution in [3.05, 3.63) is 84.4 Å². The molecule has 0 aliphatic carbocycles. The highest BCUT2D eigenvalue weighted by Crippen LogP contribution is 2.28. The zero-order valence-corrected chi connectivity index (χ0v) is 28.4. The van der Waals surface area contributed by atoms with E-state index in [0.29, 0.717) is 32.6 Å². The van der Waals surface area contributed by atoms with Crippen LogP contribution in [0, 0.1) is 0 Å². The Morgan fingerprint density at radius 1 is 0.776 bits per heavy atom. The summed E-state index contributed by atoms with van der Waals surface area (Å²) < 4.78 is 5.74. The van der Waals surface area contributed by atoms with Gasteiger partial charge in [-0.05, 0) is 80.8 Å². The van der Waals surface area contributed by atoms with E-state index in [0.717, 1.165) is 93.4 Å². The number of phenolic OH excluding ortho intramolecular Hbond substituents is 1. The Hall–Kier alpha value is -4.41. The molecule has 3 aromatic rings. The summed E-state index contributed by atoms with van der Waals surface area (Å²) >= 11 is 0. The van der Waals surface area contributed by atoms with Crippen molar-refractivity contribution in [1.82, 2.24) is 20.4 Å². The SMILES string of the molecule is O=C(CCN1CCC(OC(=O)Nc2ccccc2-c2ccccc2)CC1)NCCCCCNC(=O)[C@@H]1CCCCN1Cc1ccc(O)cc1. The van der Waals surface area contributed by atoms with Gasteiger partial charge in [-0.1, -0.05) is 67.1 Å². The number of para-hydroxylation sites is 1. The highest BCUT2D eigenvalue weighted by Gasteiger charge is 2.28. The zero-order valence-electron chi connectivity index (χ0n) is 28.4. The van der Waals surface area contributed by atoms with Gasteiger partial charge in [0, 0.05) is 51.3 Å². The number of aromatic hydroxyl groups is 1. The minimum atomic E-state index is -0.443. The first-order valence-electron chi connectivity index (χ1n) is 17.9. The second-order valence-corrected chi connectivity index (χ2v) is 13.1. The number of rotatable bonds is 15. The van der Waals surface area contributed by atoms with Crippen LogP contribution in [0.1, 0.15) is 63.4 Å². The van der Waals surface area contributed by atoms with Crippen LogP contribution in [0.2, 0.25) is 0 Å². The number of ether oxygens (including phenoxy) is 1. The maximum atomic E-state index is 12.9. The summed E-state index contributed by atoms with van der Waals surface area (Å²) in [5.74, 6) is 0.394. The molecule has 10 nitrogen and oxygen atoms in total. The molecule has 2 fully saturated rings. The second-order valence-electron chi connectivity index (χ2n) is 13.1. The lowest BCUT2D eigenvalue weighted by atomic mass is 10.00. The molecular formula is C39H51N5O5. The highest BCUT2D eigenvalue weighted by molar-refractivity contribution is 5.91. The molecule has 5 rings (SSSR count). The quantitative estimate of drug-likeness (QED) is 0.148. The molecule has 49 heavy (non-hydrogen) atoms. The number of phenols is 1. The molecule has 0 spiro atoms. The number of unbranched alkanes of at least 4 members (excludes halogenated alkanes) is 2. The molecule has 0 aromatic heterocycles. The van der Waals surface area contributed by atoms with Crippen molar-refractivity contribution in [1.29, 1.82) is 0 Å². The fraction of sp³-hybridized carbons (Fsp3) is 0.462. The fourth-order valence-electron chi connectivity index (χ4n) is 6.65. The van der Waals surface area contributed by atoms with Gasteiger partial charge in [-0.3, -0.25) is 19.8 Å². The van der Waals surface area contributed by atoms with Gasteiger partial charge in [0.1, 0.15) is 11.9 Å². The largest absolute Gasteiger partial charge is 0.508 e. The molecule has 0 bridgehead atoms. The Morgan fingerprint density at radius 2 is 1.49 bits per heavy atom. The van der Waals surface area contributed by atoms with Gasteiger partial charge < -0.3 is 25.4 Å². The molecule has 3 aromatic carbocycles. The molecule has 0 saturated carbocycles. The molecular weight excluding hydrogens is 618 g/mol. The van der Waals surface area contributed by atoms with E-state index < -0.39 is 6.09 Å². The van der Waals surface area contributed by atoms with E-state index in [-0.39, 0.29) is 29.7 Å². The van der Waals surface area contributed by atoms with E-state index in [2.05, 4.69) is 25.8 Å². The molecule has 0 radical (unpaired) electrons. The lowest BCUT2D eigenvalue weighted by Gasteiger charge is -2.34. The smallest absolute Gasteiger partial charge is 0.411 e. The molecule has 4 N–H and O–H groups in total. The number of nitrogens with zero attached hydrogens (tertiary/aromatic N) is 2. The third-order valence-electron chi connectivity index (χ3n) is 9.43. The Morgan fingerprint density at radius 3 is 2.27 bits per heavy atom. The average molecular weight is 670 g/mol. The lowest BCUT2D eigenvalue weighted by molar-refractivity contribution is -0.128. The lowest BCUT2D eigenvalue weighted by Crippen LogP contribution is -2.49. The minimum Gasteiger partial charge on any atom is -0.508 e. The van der Waals surface area contributed by atoms with Crippen molar-refractivity contribution in [2.45, 2.75) is 76.5 Å². The normalized spacial score (nSPS) is 17.3. The average Bonchev–Trinajstić information content (AvgIpc) is 3.12. The van der Waals surface area contributed by atoms with Crippen LogP contribution in [-0.4, -0.2) is 84.2 Å². The molecule has 2 aliphatic heterocycles. The van der Waals surface area contributed by atoms with Gasteiger partial charge in [-0.15, -0.1) is 0 Å². The number of carbonyl (C=O) groups is 3. The van der Waals surface area contributed by atoms with Gasteiger partial charge in [-0.25, -0.2) is 4.79 Å². The van der Waals surface area contributed by atoms with Crippen molar-refractivity contribution in [2.24, 2.45) is 0 Å². The fourth-order valence-corrected chi connectivity index (χ4v) is 6.65. The van der Waals surface area contributed by atoms with Crippen LogP contribution >= 0.6 is 0 Å². The highest BCUT2D eigenvalue weighted by atomic mass is 16.6. The number of benzene rings is 3. The topological polar surface area (TPSA) is 123 Å². The number of anilines is 1. The number of hydrogen-bond acceptors (Lipinski definition) is 7. The molecule has 2 saturated heterocycles. The number of hydrogen-bond donors (Lipinski definition) is 4. The first-order chi connectivity index (χ1) is 23.9. The van der Waals surface area contributed by atoms with Crippen molar-refractivity contribution in [3.8, 4) is 16.9 Å². The predicted octanol–water partition coefficient (Wildman–Crippen LogP) is 5.92. The summed E-state index contributed by atoms with van der Waals surface area (Å²) in [4.78, 5) is 42.6. The van der Waals surface area contributed by atoms with Gasteiger partial charge in [0.2, 0.25) is 11.8 Å². The number of amides is 3. The predicted molar refractivity (Wildman–Crippen MR) is 192 cm³/mol. The monoisotopic (exact) mass is 669 g/mol. The van der Waals surface area contributed by atoms with Gasteiger partial charge in [0.15, 0.2) is 0 Å².